The molecule has 2 heterocycles. The number of benzene rings is 3. The van der Waals surface area contributed by atoms with Crippen molar-refractivity contribution in [2.24, 2.45) is 0 Å². The van der Waals surface area contributed by atoms with E-state index < -0.39 is 0 Å². The first-order valence-electron chi connectivity index (χ1n) is 11.3. The second-order valence-corrected chi connectivity index (χ2v) is 8.23. The Morgan fingerprint density at radius 2 is 1.88 bits per heavy atom. The Morgan fingerprint density at radius 3 is 2.67 bits per heavy atom. The summed E-state index contributed by atoms with van der Waals surface area (Å²) in [5, 5.41) is 1.98. The molecule has 1 fully saturated rings. The number of amides is 1. The molecule has 0 unspecified atom stereocenters. The fourth-order valence-electron chi connectivity index (χ4n) is 4.47. The molecule has 5 rings (SSSR count). The molecule has 0 spiro atoms. The Kier molecular flexibility index (Phi) is 5.88. The highest BCUT2D eigenvalue weighted by Gasteiger charge is 2.26. The van der Waals surface area contributed by atoms with E-state index >= 15 is 0 Å². The summed E-state index contributed by atoms with van der Waals surface area (Å²) in [4.78, 5) is 25.9. The van der Waals surface area contributed by atoms with Crippen LogP contribution in [0.4, 0.5) is 0 Å². The quantitative estimate of drug-likeness (QED) is 0.485. The van der Waals surface area contributed by atoms with E-state index in [9.17, 15) is 4.79 Å². The molecule has 0 atom stereocenters. The Bertz CT molecular complexity index is 1290. The van der Waals surface area contributed by atoms with Crippen LogP contribution >= 0.6 is 0 Å². The van der Waals surface area contributed by atoms with E-state index in [1.165, 1.54) is 0 Å². The summed E-state index contributed by atoms with van der Waals surface area (Å²) in [6, 6.07) is 17.7. The van der Waals surface area contributed by atoms with Gasteiger partial charge in [-0.3, -0.25) is 9.69 Å². The van der Waals surface area contributed by atoms with Crippen LogP contribution < -0.4 is 9.47 Å². The smallest absolute Gasteiger partial charge is 0.258 e. The maximum Gasteiger partial charge on any atom is 0.258 e. The molecule has 1 aliphatic heterocycles. The van der Waals surface area contributed by atoms with Crippen LogP contribution in [0.1, 0.15) is 23.1 Å². The number of hydrogen-bond donors (Lipinski definition) is 1. The minimum absolute atomic E-state index is 0.0331. The summed E-state index contributed by atoms with van der Waals surface area (Å²) in [6.07, 6.45) is 0. The van der Waals surface area contributed by atoms with Gasteiger partial charge in [0.1, 0.15) is 17.3 Å². The molecule has 7 nitrogen and oxygen atoms in total. The molecule has 33 heavy (non-hydrogen) atoms. The monoisotopic (exact) mass is 444 g/mol. The minimum atomic E-state index is 0.0331. The van der Waals surface area contributed by atoms with Gasteiger partial charge in [0.15, 0.2) is 0 Å². The van der Waals surface area contributed by atoms with Crippen molar-refractivity contribution in [2.45, 2.75) is 13.5 Å². The maximum absolute atomic E-state index is 13.5. The van der Waals surface area contributed by atoms with Gasteiger partial charge in [-0.15, -0.1) is 0 Å². The average molecular weight is 445 g/mol. The van der Waals surface area contributed by atoms with Gasteiger partial charge in [-0.05, 0) is 35.9 Å². The third kappa shape index (κ3) is 4.24. The van der Waals surface area contributed by atoms with Crippen LogP contribution in [0.3, 0.4) is 0 Å². The summed E-state index contributed by atoms with van der Waals surface area (Å²) < 4.78 is 11.1. The maximum atomic E-state index is 13.5. The van der Waals surface area contributed by atoms with Crippen LogP contribution in [0.15, 0.2) is 54.6 Å². The van der Waals surface area contributed by atoms with Crippen LogP contribution in [0.25, 0.3) is 21.8 Å². The summed E-state index contributed by atoms with van der Waals surface area (Å²) in [5.74, 6) is 2.42. The van der Waals surface area contributed by atoms with Crippen molar-refractivity contribution in [3.8, 4) is 11.5 Å². The summed E-state index contributed by atoms with van der Waals surface area (Å²) in [7, 11) is 1.66. The van der Waals surface area contributed by atoms with E-state index in [0.717, 1.165) is 53.0 Å². The Balaban J connectivity index is 1.29. The molecule has 1 aromatic heterocycles. The number of piperazine rings is 1. The van der Waals surface area contributed by atoms with Gasteiger partial charge in [0.05, 0.1) is 36.9 Å². The molecule has 1 N–H and O–H groups in total. The van der Waals surface area contributed by atoms with Crippen molar-refractivity contribution in [3.63, 3.8) is 0 Å². The first-order valence-corrected chi connectivity index (χ1v) is 11.3. The predicted molar refractivity (Wildman–Crippen MR) is 129 cm³/mol. The van der Waals surface area contributed by atoms with Crippen molar-refractivity contribution in [3.05, 3.63) is 66.0 Å². The number of carbonyl (C=O) groups excluding carboxylic acids is 1. The van der Waals surface area contributed by atoms with Gasteiger partial charge < -0.3 is 19.4 Å². The molecule has 3 aromatic carbocycles. The highest BCUT2D eigenvalue weighted by Crippen LogP contribution is 2.30. The predicted octanol–water partition coefficient (Wildman–Crippen LogP) is 4.08. The number of carbonyl (C=O) groups is 1. The Hall–Kier alpha value is -3.58. The molecular weight excluding hydrogens is 416 g/mol. The zero-order valence-electron chi connectivity index (χ0n) is 19.0. The van der Waals surface area contributed by atoms with E-state index in [1.54, 1.807) is 7.11 Å². The van der Waals surface area contributed by atoms with Gasteiger partial charge in [-0.2, -0.15) is 0 Å². The topological polar surface area (TPSA) is 70.7 Å². The molecular formula is C26H28N4O3. The number of fused-ring (bicyclic) bond motifs is 2. The van der Waals surface area contributed by atoms with Crippen LogP contribution in [-0.2, 0) is 6.54 Å². The van der Waals surface area contributed by atoms with Gasteiger partial charge >= 0.3 is 0 Å². The molecule has 0 bridgehead atoms. The van der Waals surface area contributed by atoms with Crippen LogP contribution in [0, 0.1) is 0 Å². The van der Waals surface area contributed by atoms with Gasteiger partial charge in [0.25, 0.3) is 5.91 Å². The third-order valence-corrected chi connectivity index (χ3v) is 6.18. The summed E-state index contributed by atoms with van der Waals surface area (Å²) in [6.45, 7) is 6.11. The summed E-state index contributed by atoms with van der Waals surface area (Å²) >= 11 is 0. The molecule has 1 aliphatic rings. The molecule has 1 saturated heterocycles. The molecule has 4 aromatic rings. The van der Waals surface area contributed by atoms with Crippen molar-refractivity contribution in [1.82, 2.24) is 19.8 Å². The first-order chi connectivity index (χ1) is 16.2. The Morgan fingerprint density at radius 1 is 1.06 bits per heavy atom. The number of methoxy groups -OCH3 is 1. The first kappa shape index (κ1) is 21.3. The van der Waals surface area contributed by atoms with Gasteiger partial charge in [0, 0.05) is 32.2 Å². The Labute approximate surface area is 192 Å². The number of H-pyrrole nitrogens is 1. The lowest BCUT2D eigenvalue weighted by Gasteiger charge is -2.34. The highest BCUT2D eigenvalue weighted by molar-refractivity contribution is 6.09. The zero-order chi connectivity index (χ0) is 22.8. The van der Waals surface area contributed by atoms with Crippen molar-refractivity contribution in [2.75, 3.05) is 39.9 Å². The number of aromatic nitrogens is 2. The second kappa shape index (κ2) is 9.11. The third-order valence-electron chi connectivity index (χ3n) is 6.18. The van der Waals surface area contributed by atoms with Gasteiger partial charge in [0.2, 0.25) is 0 Å². The van der Waals surface area contributed by atoms with Crippen LogP contribution in [0.5, 0.6) is 11.5 Å². The molecule has 0 radical (unpaired) electrons. The summed E-state index contributed by atoms with van der Waals surface area (Å²) in [5.41, 5.74) is 2.56. The number of nitrogens with zero attached hydrogens (tertiary/aromatic N) is 3. The van der Waals surface area contributed by atoms with Crippen molar-refractivity contribution in [1.29, 1.82) is 0 Å². The molecule has 1 amide bonds. The number of aromatic amines is 1. The molecule has 0 aliphatic carbocycles. The van der Waals surface area contributed by atoms with Crippen LogP contribution in [-0.4, -0.2) is 65.6 Å². The zero-order valence-corrected chi connectivity index (χ0v) is 19.0. The van der Waals surface area contributed by atoms with Gasteiger partial charge in [-0.1, -0.05) is 30.3 Å². The lowest BCUT2D eigenvalue weighted by molar-refractivity contribution is 0.0624. The van der Waals surface area contributed by atoms with E-state index in [2.05, 4.69) is 9.88 Å². The SMILES string of the molecule is CCOc1ccc2ccccc2c1C(=O)N1CCN(Cc2nc3ccc(OC)cc3[nH]2)CC1. The van der Waals surface area contributed by atoms with Crippen LogP contribution in [0.2, 0.25) is 0 Å². The number of imidazole rings is 1. The van der Waals surface area contributed by atoms with E-state index in [1.807, 2.05) is 66.4 Å². The van der Waals surface area contributed by atoms with E-state index in [0.29, 0.717) is 31.0 Å². The number of rotatable bonds is 6. The number of hydrogen-bond acceptors (Lipinski definition) is 5. The lowest BCUT2D eigenvalue weighted by Crippen LogP contribution is -2.48. The van der Waals surface area contributed by atoms with Crippen molar-refractivity contribution < 1.29 is 14.3 Å². The molecule has 7 heteroatoms. The number of ether oxygens (including phenoxy) is 2. The number of nitrogens with one attached hydrogen (secondary N) is 1. The van der Waals surface area contributed by atoms with E-state index in [-0.39, 0.29) is 5.91 Å². The highest BCUT2D eigenvalue weighted by atomic mass is 16.5. The molecule has 0 saturated carbocycles. The normalized spacial score (nSPS) is 14.7. The fraction of sp³-hybridized carbons (Fsp3) is 0.308. The minimum Gasteiger partial charge on any atom is -0.497 e. The van der Waals surface area contributed by atoms with Gasteiger partial charge in [-0.25, -0.2) is 4.98 Å². The van der Waals surface area contributed by atoms with E-state index in [4.69, 9.17) is 14.5 Å². The lowest BCUT2D eigenvalue weighted by atomic mass is 10.0. The second-order valence-electron chi connectivity index (χ2n) is 8.23. The van der Waals surface area contributed by atoms with Crippen molar-refractivity contribution >= 4 is 27.7 Å². The average Bonchev–Trinajstić information content (AvgIpc) is 3.25. The fourth-order valence-corrected chi connectivity index (χ4v) is 4.47. The largest absolute Gasteiger partial charge is 0.497 e. The standard InChI is InChI=1S/C26H28N4O3/c1-3-33-23-11-8-18-6-4-5-7-20(18)25(23)26(31)30-14-12-29(13-15-30)17-24-27-21-10-9-19(32-2)16-22(21)28-24/h4-11,16H,3,12-15,17H2,1-2H3,(H,27,28). The molecule has 170 valence electrons.